The first-order chi connectivity index (χ1) is 13.2. The second kappa shape index (κ2) is 9.55. The van der Waals surface area contributed by atoms with E-state index in [2.05, 4.69) is 4.90 Å². The van der Waals surface area contributed by atoms with Crippen molar-refractivity contribution >= 4 is 29.0 Å². The molecule has 1 saturated heterocycles. The summed E-state index contributed by atoms with van der Waals surface area (Å²) < 4.78 is 16.6. The summed E-state index contributed by atoms with van der Waals surface area (Å²) in [6.07, 6.45) is 1.66. The molecule has 0 spiro atoms. The van der Waals surface area contributed by atoms with Crippen molar-refractivity contribution in [3.63, 3.8) is 0 Å². The normalized spacial score (nSPS) is 15.5. The Morgan fingerprint density at radius 2 is 2.11 bits per heavy atom. The van der Waals surface area contributed by atoms with E-state index in [1.807, 2.05) is 23.6 Å². The molecule has 0 radical (unpaired) electrons. The van der Waals surface area contributed by atoms with Crippen LogP contribution in [0.2, 0.25) is 0 Å². The van der Waals surface area contributed by atoms with E-state index in [4.69, 9.17) is 14.2 Å². The Morgan fingerprint density at radius 3 is 2.78 bits per heavy atom. The van der Waals surface area contributed by atoms with Gasteiger partial charge in [0, 0.05) is 24.5 Å². The average molecular weight is 389 g/mol. The predicted octanol–water partition coefficient (Wildman–Crippen LogP) is 3.09. The van der Waals surface area contributed by atoms with Gasteiger partial charge < -0.3 is 19.3 Å². The van der Waals surface area contributed by atoms with Crippen molar-refractivity contribution in [1.29, 1.82) is 0 Å². The first-order valence-corrected chi connectivity index (χ1v) is 9.65. The maximum absolute atomic E-state index is 11.6. The zero-order valence-electron chi connectivity index (χ0n) is 15.2. The van der Waals surface area contributed by atoms with Gasteiger partial charge in [0.1, 0.15) is 6.61 Å². The lowest BCUT2D eigenvalue weighted by Crippen LogP contribution is -2.38. The number of rotatable bonds is 8. The van der Waals surface area contributed by atoms with Crippen LogP contribution in [-0.2, 0) is 9.53 Å². The van der Waals surface area contributed by atoms with Crippen molar-refractivity contribution in [2.45, 2.75) is 0 Å². The highest BCUT2D eigenvalue weighted by atomic mass is 32.1. The number of ether oxygens (including phenoxy) is 3. The molecule has 6 nitrogen and oxygen atoms in total. The van der Waals surface area contributed by atoms with E-state index >= 15 is 0 Å². The van der Waals surface area contributed by atoms with Gasteiger partial charge in [0.15, 0.2) is 11.5 Å². The highest BCUT2D eigenvalue weighted by molar-refractivity contribution is 7.11. The number of aliphatic carboxylic acids is 1. The summed E-state index contributed by atoms with van der Waals surface area (Å²) >= 11 is 1.40. The van der Waals surface area contributed by atoms with Gasteiger partial charge >= 0.3 is 5.97 Å². The molecule has 3 rings (SSSR count). The Morgan fingerprint density at radius 1 is 1.30 bits per heavy atom. The molecule has 2 aromatic rings. The molecule has 0 atom stereocenters. The largest absolute Gasteiger partial charge is 0.493 e. The third-order valence-electron chi connectivity index (χ3n) is 4.28. The topological polar surface area (TPSA) is 68.2 Å². The minimum atomic E-state index is -0.956. The number of methoxy groups -OCH3 is 1. The van der Waals surface area contributed by atoms with Crippen molar-refractivity contribution in [1.82, 2.24) is 4.90 Å². The fourth-order valence-corrected chi connectivity index (χ4v) is 3.58. The molecule has 7 heteroatoms. The van der Waals surface area contributed by atoms with Crippen LogP contribution in [0.4, 0.5) is 0 Å². The van der Waals surface area contributed by atoms with Crippen LogP contribution in [0, 0.1) is 0 Å². The van der Waals surface area contributed by atoms with Crippen LogP contribution in [-0.4, -0.2) is 62.5 Å². The van der Waals surface area contributed by atoms with Gasteiger partial charge in [-0.1, -0.05) is 12.1 Å². The number of hydrogen-bond acceptors (Lipinski definition) is 6. The summed E-state index contributed by atoms with van der Waals surface area (Å²) in [7, 11) is 1.59. The summed E-state index contributed by atoms with van der Waals surface area (Å²) in [4.78, 5) is 14.6. The van der Waals surface area contributed by atoms with E-state index < -0.39 is 5.97 Å². The molecule has 1 aromatic heterocycles. The summed E-state index contributed by atoms with van der Waals surface area (Å²) in [5.74, 6) is 0.278. The van der Waals surface area contributed by atoms with E-state index in [0.29, 0.717) is 23.0 Å². The molecule has 1 aliphatic heterocycles. The summed E-state index contributed by atoms with van der Waals surface area (Å²) in [6.45, 7) is 4.66. The molecule has 1 N–H and O–H groups in total. The first kappa shape index (κ1) is 19.4. The molecule has 1 aromatic carbocycles. The monoisotopic (exact) mass is 389 g/mol. The van der Waals surface area contributed by atoms with Crippen molar-refractivity contribution in [2.24, 2.45) is 0 Å². The molecule has 27 heavy (non-hydrogen) atoms. The van der Waals surface area contributed by atoms with Gasteiger partial charge in [0.2, 0.25) is 0 Å². The van der Waals surface area contributed by atoms with E-state index in [1.54, 1.807) is 25.3 Å². The van der Waals surface area contributed by atoms with Crippen molar-refractivity contribution < 1.29 is 24.1 Å². The number of benzene rings is 1. The van der Waals surface area contributed by atoms with Crippen LogP contribution in [0.3, 0.4) is 0 Å². The lowest BCUT2D eigenvalue weighted by molar-refractivity contribution is -0.130. The Balaban J connectivity index is 1.74. The van der Waals surface area contributed by atoms with Crippen LogP contribution in [0.25, 0.3) is 11.6 Å². The second-order valence-corrected chi connectivity index (χ2v) is 7.00. The van der Waals surface area contributed by atoms with Gasteiger partial charge in [0.05, 0.1) is 25.9 Å². The van der Waals surface area contributed by atoms with Gasteiger partial charge in [-0.05, 0) is 35.2 Å². The average Bonchev–Trinajstić information content (AvgIpc) is 3.21. The quantitative estimate of drug-likeness (QED) is 0.700. The number of carboxylic acid groups (broad SMARTS) is 1. The van der Waals surface area contributed by atoms with E-state index in [0.717, 1.165) is 38.4 Å². The predicted molar refractivity (Wildman–Crippen MR) is 106 cm³/mol. The van der Waals surface area contributed by atoms with E-state index in [1.165, 1.54) is 11.3 Å². The molecule has 0 saturated carbocycles. The standard InChI is InChI=1S/C20H23NO5S/c1-24-17-5-4-15(13-16(20(22)23)19-3-2-12-27-19)14-18(17)26-11-8-21-6-9-25-10-7-21/h2-5,12-14H,6-11H2,1H3,(H,22,23)/b16-13-. The third kappa shape index (κ3) is 5.32. The van der Waals surface area contributed by atoms with Gasteiger partial charge in [-0.2, -0.15) is 0 Å². The molecule has 0 amide bonds. The minimum absolute atomic E-state index is 0.259. The lowest BCUT2D eigenvalue weighted by Gasteiger charge is -2.26. The molecule has 1 aliphatic rings. The number of carboxylic acids is 1. The molecule has 0 aliphatic carbocycles. The van der Waals surface area contributed by atoms with Crippen molar-refractivity contribution in [3.05, 3.63) is 46.2 Å². The van der Waals surface area contributed by atoms with Gasteiger partial charge in [-0.15, -0.1) is 11.3 Å². The van der Waals surface area contributed by atoms with Crippen molar-refractivity contribution in [3.8, 4) is 11.5 Å². The molecule has 1 fully saturated rings. The van der Waals surface area contributed by atoms with Crippen molar-refractivity contribution in [2.75, 3.05) is 46.6 Å². The number of morpholine rings is 1. The molecular weight excluding hydrogens is 366 g/mol. The number of thiophene rings is 1. The van der Waals surface area contributed by atoms with Gasteiger partial charge in [0.25, 0.3) is 0 Å². The highest BCUT2D eigenvalue weighted by Crippen LogP contribution is 2.30. The Labute approximate surface area is 162 Å². The molecule has 144 valence electrons. The fourth-order valence-electron chi connectivity index (χ4n) is 2.84. The van der Waals surface area contributed by atoms with Crippen LogP contribution in [0.5, 0.6) is 11.5 Å². The maximum Gasteiger partial charge on any atom is 0.337 e. The zero-order chi connectivity index (χ0) is 19.1. The summed E-state index contributed by atoms with van der Waals surface area (Å²) in [5.41, 5.74) is 1.01. The van der Waals surface area contributed by atoms with Crippen LogP contribution in [0.1, 0.15) is 10.4 Å². The molecule has 0 bridgehead atoms. The number of nitrogens with zero attached hydrogens (tertiary/aromatic N) is 1. The lowest BCUT2D eigenvalue weighted by atomic mass is 10.1. The van der Waals surface area contributed by atoms with E-state index in [-0.39, 0.29) is 5.57 Å². The molecule has 0 unspecified atom stereocenters. The zero-order valence-corrected chi connectivity index (χ0v) is 16.0. The smallest absolute Gasteiger partial charge is 0.337 e. The fraction of sp³-hybridized carbons (Fsp3) is 0.350. The maximum atomic E-state index is 11.6. The Hall–Kier alpha value is -2.35. The molecule has 2 heterocycles. The van der Waals surface area contributed by atoms with Gasteiger partial charge in [-0.25, -0.2) is 4.79 Å². The second-order valence-electron chi connectivity index (χ2n) is 6.05. The number of carbonyl (C=O) groups is 1. The number of hydrogen-bond donors (Lipinski definition) is 1. The Kier molecular flexibility index (Phi) is 6.86. The Bertz CT molecular complexity index is 782. The highest BCUT2D eigenvalue weighted by Gasteiger charge is 2.14. The van der Waals surface area contributed by atoms with Crippen LogP contribution in [0.15, 0.2) is 35.7 Å². The van der Waals surface area contributed by atoms with Crippen LogP contribution < -0.4 is 9.47 Å². The third-order valence-corrected chi connectivity index (χ3v) is 5.19. The SMILES string of the molecule is COc1ccc(/C=C(\C(=O)O)c2cccs2)cc1OCCN1CCOCC1. The summed E-state index contributed by atoms with van der Waals surface area (Å²) in [6, 6.07) is 9.07. The van der Waals surface area contributed by atoms with Gasteiger partial charge in [-0.3, -0.25) is 4.90 Å². The van der Waals surface area contributed by atoms with Crippen LogP contribution >= 0.6 is 11.3 Å². The minimum Gasteiger partial charge on any atom is -0.493 e. The first-order valence-electron chi connectivity index (χ1n) is 8.77. The molecular formula is C20H23NO5S. The summed E-state index contributed by atoms with van der Waals surface area (Å²) in [5, 5.41) is 11.4. The van der Waals surface area contributed by atoms with E-state index in [9.17, 15) is 9.90 Å².